The van der Waals surface area contributed by atoms with Gasteiger partial charge in [-0.2, -0.15) is 0 Å². The van der Waals surface area contributed by atoms with Crippen LogP contribution in [0.25, 0.3) is 0 Å². The Morgan fingerprint density at radius 1 is 1.30 bits per heavy atom. The van der Waals surface area contributed by atoms with Gasteiger partial charge in [0, 0.05) is 24.7 Å². The highest BCUT2D eigenvalue weighted by Crippen LogP contribution is 2.26. The lowest BCUT2D eigenvalue weighted by molar-refractivity contribution is -0.385. The van der Waals surface area contributed by atoms with Crippen LogP contribution >= 0.6 is 0 Å². The highest BCUT2D eigenvalue weighted by atomic mass is 16.6. The number of hydrogen-bond donors (Lipinski definition) is 1. The molecule has 1 heterocycles. The van der Waals surface area contributed by atoms with Crippen LogP contribution in [0.1, 0.15) is 37.3 Å². The lowest BCUT2D eigenvalue weighted by Gasteiger charge is -2.19. The first-order chi connectivity index (χ1) is 9.50. The van der Waals surface area contributed by atoms with Gasteiger partial charge >= 0.3 is 0 Å². The molecule has 0 bridgehead atoms. The van der Waals surface area contributed by atoms with E-state index in [1.165, 1.54) is 6.07 Å². The van der Waals surface area contributed by atoms with E-state index < -0.39 is 0 Å². The van der Waals surface area contributed by atoms with E-state index >= 15 is 0 Å². The lowest BCUT2D eigenvalue weighted by atomic mass is 10.1. The zero-order valence-electron chi connectivity index (χ0n) is 11.6. The average Bonchev–Trinajstić information content (AvgIpc) is 2.85. The summed E-state index contributed by atoms with van der Waals surface area (Å²) < 4.78 is 1.82. The Balaban J connectivity index is 2.18. The molecule has 0 aliphatic rings. The van der Waals surface area contributed by atoms with Crippen molar-refractivity contribution in [2.24, 2.45) is 7.05 Å². The number of nitrogens with zero attached hydrogens (tertiary/aromatic N) is 4. The van der Waals surface area contributed by atoms with Crippen LogP contribution in [0.15, 0.2) is 30.6 Å². The van der Waals surface area contributed by atoms with E-state index in [1.54, 1.807) is 24.5 Å². The fraction of sp³-hybridized carbons (Fsp3) is 0.385. The fourth-order valence-electron chi connectivity index (χ4n) is 2.24. The minimum atomic E-state index is -0.361. The first kappa shape index (κ1) is 14.1. The van der Waals surface area contributed by atoms with Gasteiger partial charge in [-0.1, -0.05) is 18.2 Å². The topological polar surface area (TPSA) is 85.9 Å². The normalized spacial score (nSPS) is 13.9. The Morgan fingerprint density at radius 3 is 2.60 bits per heavy atom. The van der Waals surface area contributed by atoms with Crippen molar-refractivity contribution in [3.05, 3.63) is 52.1 Å². The molecule has 0 saturated carbocycles. The van der Waals surface area contributed by atoms with Crippen LogP contribution in [0.3, 0.4) is 0 Å². The van der Waals surface area contributed by atoms with Crippen molar-refractivity contribution in [3.8, 4) is 0 Å². The predicted octanol–water partition coefficient (Wildman–Crippen LogP) is 2.14. The smallest absolute Gasteiger partial charge is 0.274 e. The molecule has 106 valence electrons. The van der Waals surface area contributed by atoms with Crippen molar-refractivity contribution in [1.29, 1.82) is 0 Å². The minimum absolute atomic E-state index is 0.0580. The average molecular weight is 275 g/mol. The highest BCUT2D eigenvalue weighted by Gasteiger charge is 2.21. The molecule has 0 aliphatic heterocycles. The second-order valence-electron chi connectivity index (χ2n) is 4.73. The van der Waals surface area contributed by atoms with E-state index in [0.717, 1.165) is 5.82 Å². The number of nitrogens with one attached hydrogen (secondary N) is 1. The molecule has 0 radical (unpaired) electrons. The third kappa shape index (κ3) is 2.83. The Hall–Kier alpha value is -2.28. The van der Waals surface area contributed by atoms with E-state index in [4.69, 9.17) is 0 Å². The Morgan fingerprint density at radius 2 is 2.00 bits per heavy atom. The number of aromatic nitrogens is 3. The molecule has 2 unspecified atom stereocenters. The fourth-order valence-corrected chi connectivity index (χ4v) is 2.24. The summed E-state index contributed by atoms with van der Waals surface area (Å²) in [4.78, 5) is 10.7. The zero-order valence-corrected chi connectivity index (χ0v) is 11.6. The molecular formula is C13H17N5O2. The van der Waals surface area contributed by atoms with Gasteiger partial charge in [0.2, 0.25) is 0 Å². The van der Waals surface area contributed by atoms with Gasteiger partial charge in [0.15, 0.2) is 0 Å². The molecule has 0 fully saturated rings. The summed E-state index contributed by atoms with van der Waals surface area (Å²) in [6, 6.07) is 6.52. The lowest BCUT2D eigenvalue weighted by Crippen LogP contribution is -2.25. The van der Waals surface area contributed by atoms with E-state index in [2.05, 4.69) is 15.5 Å². The van der Waals surface area contributed by atoms with E-state index in [-0.39, 0.29) is 22.7 Å². The molecule has 1 aromatic carbocycles. The summed E-state index contributed by atoms with van der Waals surface area (Å²) in [6.07, 6.45) is 1.63. The number of para-hydroxylation sites is 1. The van der Waals surface area contributed by atoms with Crippen molar-refractivity contribution in [2.45, 2.75) is 25.9 Å². The molecule has 20 heavy (non-hydrogen) atoms. The van der Waals surface area contributed by atoms with Gasteiger partial charge in [0.05, 0.1) is 11.0 Å². The first-order valence-electron chi connectivity index (χ1n) is 6.34. The summed E-state index contributed by atoms with van der Waals surface area (Å²) in [5.41, 5.74) is 0.782. The molecule has 0 aliphatic carbocycles. The maximum absolute atomic E-state index is 11.0. The highest BCUT2D eigenvalue weighted by molar-refractivity contribution is 5.41. The zero-order chi connectivity index (χ0) is 14.7. The number of aryl methyl sites for hydroxylation is 1. The van der Waals surface area contributed by atoms with Gasteiger partial charge in [-0.05, 0) is 13.8 Å². The van der Waals surface area contributed by atoms with Gasteiger partial charge in [0.25, 0.3) is 5.69 Å². The molecule has 2 atom stereocenters. The van der Waals surface area contributed by atoms with E-state index in [1.807, 2.05) is 25.5 Å². The van der Waals surface area contributed by atoms with Crippen LogP contribution in [0, 0.1) is 10.1 Å². The van der Waals surface area contributed by atoms with E-state index in [0.29, 0.717) is 5.56 Å². The second kappa shape index (κ2) is 5.79. The van der Waals surface area contributed by atoms with Crippen molar-refractivity contribution in [3.63, 3.8) is 0 Å². The third-order valence-electron chi connectivity index (χ3n) is 3.23. The van der Waals surface area contributed by atoms with Crippen LogP contribution in [0.2, 0.25) is 0 Å². The van der Waals surface area contributed by atoms with Gasteiger partial charge in [0.1, 0.15) is 12.2 Å². The predicted molar refractivity (Wildman–Crippen MR) is 74.1 cm³/mol. The molecule has 0 saturated heterocycles. The monoisotopic (exact) mass is 275 g/mol. The summed E-state index contributed by atoms with van der Waals surface area (Å²) >= 11 is 0. The van der Waals surface area contributed by atoms with Crippen molar-refractivity contribution < 1.29 is 4.92 Å². The molecule has 1 N–H and O–H groups in total. The molecule has 0 spiro atoms. The Labute approximate surface area is 116 Å². The van der Waals surface area contributed by atoms with Crippen LogP contribution in [0.5, 0.6) is 0 Å². The Bertz CT molecular complexity index is 610. The molecule has 0 amide bonds. The summed E-state index contributed by atoms with van der Waals surface area (Å²) in [5, 5.41) is 22.2. The summed E-state index contributed by atoms with van der Waals surface area (Å²) in [7, 11) is 1.86. The maximum atomic E-state index is 11.0. The second-order valence-corrected chi connectivity index (χ2v) is 4.73. The van der Waals surface area contributed by atoms with Crippen LogP contribution in [-0.4, -0.2) is 19.7 Å². The van der Waals surface area contributed by atoms with Gasteiger partial charge in [-0.3, -0.25) is 10.1 Å². The summed E-state index contributed by atoms with van der Waals surface area (Å²) in [6.45, 7) is 3.85. The Kier molecular flexibility index (Phi) is 4.09. The molecule has 7 heteroatoms. The first-order valence-corrected chi connectivity index (χ1v) is 6.34. The van der Waals surface area contributed by atoms with Gasteiger partial charge < -0.3 is 9.88 Å². The van der Waals surface area contributed by atoms with Gasteiger partial charge in [-0.25, -0.2) is 0 Å². The maximum Gasteiger partial charge on any atom is 0.274 e. The van der Waals surface area contributed by atoms with Crippen molar-refractivity contribution >= 4 is 5.69 Å². The SMILES string of the molecule is CC(NC(C)c1nncn1C)c1ccccc1[N+](=O)[O-]. The molecule has 1 aromatic heterocycles. The van der Waals surface area contributed by atoms with Crippen LogP contribution in [0.4, 0.5) is 5.69 Å². The van der Waals surface area contributed by atoms with Gasteiger partial charge in [-0.15, -0.1) is 10.2 Å². The number of nitro benzene ring substituents is 1. The van der Waals surface area contributed by atoms with Crippen molar-refractivity contribution in [2.75, 3.05) is 0 Å². The van der Waals surface area contributed by atoms with Crippen molar-refractivity contribution in [1.82, 2.24) is 20.1 Å². The number of benzene rings is 1. The molecular weight excluding hydrogens is 258 g/mol. The number of hydrogen-bond acceptors (Lipinski definition) is 5. The minimum Gasteiger partial charge on any atom is -0.319 e. The number of rotatable bonds is 5. The third-order valence-corrected chi connectivity index (χ3v) is 3.23. The molecule has 7 nitrogen and oxygen atoms in total. The quantitative estimate of drug-likeness (QED) is 0.667. The number of nitro groups is 1. The molecule has 2 aromatic rings. The van der Waals surface area contributed by atoms with Crippen LogP contribution in [-0.2, 0) is 7.05 Å². The largest absolute Gasteiger partial charge is 0.319 e. The van der Waals surface area contributed by atoms with Crippen LogP contribution < -0.4 is 5.32 Å². The standard InChI is InChI=1S/C13H17N5O2/c1-9(11-6-4-5-7-12(11)18(19)20)15-10(2)13-16-14-8-17(13)3/h4-10,15H,1-3H3. The van der Waals surface area contributed by atoms with E-state index in [9.17, 15) is 10.1 Å². The molecule has 2 rings (SSSR count). The summed E-state index contributed by atoms with van der Waals surface area (Å²) in [5.74, 6) is 0.787.